The molecule has 1 heterocycles. The second-order valence-corrected chi connectivity index (χ2v) is 10.8. The molecule has 0 atom stereocenters. The molecule has 0 spiro atoms. The van der Waals surface area contributed by atoms with E-state index in [1.807, 2.05) is 24.3 Å². The number of methoxy groups -OCH3 is 2. The highest BCUT2D eigenvalue weighted by Crippen LogP contribution is 2.32. The minimum Gasteiger partial charge on any atom is -0.493 e. The van der Waals surface area contributed by atoms with Crippen LogP contribution in [-0.4, -0.2) is 66.3 Å². The van der Waals surface area contributed by atoms with Crippen molar-refractivity contribution >= 4 is 21.6 Å². The van der Waals surface area contributed by atoms with E-state index < -0.39 is 28.3 Å². The first-order valence-corrected chi connectivity index (χ1v) is 13.9. The number of anilines is 1. The highest BCUT2D eigenvalue weighted by Gasteiger charge is 2.28. The Labute approximate surface area is 228 Å². The summed E-state index contributed by atoms with van der Waals surface area (Å²) >= 11 is 0. The summed E-state index contributed by atoms with van der Waals surface area (Å²) in [6.07, 6.45) is 0. The molecule has 0 aromatic heterocycles. The molecule has 0 aliphatic carbocycles. The molecular formula is C28H32FN3O6S. The van der Waals surface area contributed by atoms with Gasteiger partial charge in [-0.15, -0.1) is 0 Å². The molecule has 39 heavy (non-hydrogen) atoms. The van der Waals surface area contributed by atoms with Crippen molar-refractivity contribution < 1.29 is 31.8 Å². The maximum absolute atomic E-state index is 13.6. The third kappa shape index (κ3) is 7.25. The molecular weight excluding hydrogens is 525 g/mol. The molecule has 0 saturated carbocycles. The zero-order valence-electron chi connectivity index (χ0n) is 21.9. The quantitative estimate of drug-likeness (QED) is 0.387. The number of amides is 1. The summed E-state index contributed by atoms with van der Waals surface area (Å²) in [6.45, 7) is 3.82. The number of rotatable bonds is 11. The molecule has 1 fully saturated rings. The molecule has 208 valence electrons. The van der Waals surface area contributed by atoms with Crippen LogP contribution in [0.3, 0.4) is 0 Å². The standard InChI is InChI=1S/C28H32FN3O6S/c1-36-26-12-11-25(17-27(26)37-2)39(34,35)32(24-9-7-23(29)8-10-24)20-28(33)30-18-21-3-5-22(6-4-21)19-31-13-15-38-16-14-31/h3-12,17H,13-16,18-20H2,1-2H3,(H,30,33). The summed E-state index contributed by atoms with van der Waals surface area (Å²) in [6, 6.07) is 17.0. The van der Waals surface area contributed by atoms with Gasteiger partial charge in [0, 0.05) is 32.2 Å². The summed E-state index contributed by atoms with van der Waals surface area (Å²) in [5.41, 5.74) is 2.19. The summed E-state index contributed by atoms with van der Waals surface area (Å²) in [4.78, 5) is 15.2. The van der Waals surface area contributed by atoms with Crippen molar-refractivity contribution in [1.29, 1.82) is 0 Å². The second kappa shape index (κ2) is 12.9. The van der Waals surface area contributed by atoms with Crippen molar-refractivity contribution in [2.75, 3.05) is 51.4 Å². The molecule has 3 aromatic rings. The van der Waals surface area contributed by atoms with Crippen LogP contribution >= 0.6 is 0 Å². The van der Waals surface area contributed by atoms with Gasteiger partial charge in [0.1, 0.15) is 12.4 Å². The Morgan fingerprint density at radius 1 is 0.949 bits per heavy atom. The molecule has 1 aliphatic rings. The van der Waals surface area contributed by atoms with E-state index in [9.17, 15) is 17.6 Å². The lowest BCUT2D eigenvalue weighted by Crippen LogP contribution is -2.40. The van der Waals surface area contributed by atoms with E-state index in [1.165, 1.54) is 44.6 Å². The van der Waals surface area contributed by atoms with Gasteiger partial charge in [0.25, 0.3) is 10.0 Å². The van der Waals surface area contributed by atoms with Crippen LogP contribution in [0.4, 0.5) is 10.1 Å². The lowest BCUT2D eigenvalue weighted by atomic mass is 10.1. The van der Waals surface area contributed by atoms with Crippen molar-refractivity contribution in [2.45, 2.75) is 18.0 Å². The average molecular weight is 558 g/mol. The highest BCUT2D eigenvalue weighted by atomic mass is 32.2. The zero-order chi connectivity index (χ0) is 27.8. The van der Waals surface area contributed by atoms with Crippen LogP contribution in [0.5, 0.6) is 11.5 Å². The van der Waals surface area contributed by atoms with E-state index >= 15 is 0 Å². The molecule has 0 unspecified atom stereocenters. The number of hydrogen-bond acceptors (Lipinski definition) is 7. The zero-order valence-corrected chi connectivity index (χ0v) is 22.7. The van der Waals surface area contributed by atoms with Gasteiger partial charge in [-0.1, -0.05) is 24.3 Å². The third-order valence-corrected chi connectivity index (χ3v) is 8.14. The lowest BCUT2D eigenvalue weighted by Gasteiger charge is -2.26. The Hall–Kier alpha value is -3.67. The lowest BCUT2D eigenvalue weighted by molar-refractivity contribution is -0.119. The molecule has 1 amide bonds. The summed E-state index contributed by atoms with van der Waals surface area (Å²) in [7, 11) is -1.38. The summed E-state index contributed by atoms with van der Waals surface area (Å²) in [5.74, 6) is -0.456. The van der Waals surface area contributed by atoms with Crippen molar-refractivity contribution in [3.8, 4) is 11.5 Å². The van der Waals surface area contributed by atoms with E-state index in [4.69, 9.17) is 14.2 Å². The molecule has 3 aromatic carbocycles. The van der Waals surface area contributed by atoms with Gasteiger partial charge in [-0.3, -0.25) is 14.0 Å². The molecule has 4 rings (SSSR count). The Morgan fingerprint density at radius 3 is 2.23 bits per heavy atom. The van der Waals surface area contributed by atoms with Crippen LogP contribution in [0.25, 0.3) is 0 Å². The van der Waals surface area contributed by atoms with Gasteiger partial charge < -0.3 is 19.5 Å². The first-order valence-electron chi connectivity index (χ1n) is 12.4. The van der Waals surface area contributed by atoms with Crippen LogP contribution in [0, 0.1) is 5.82 Å². The smallest absolute Gasteiger partial charge is 0.264 e. The average Bonchev–Trinajstić information content (AvgIpc) is 2.96. The Balaban J connectivity index is 1.47. The number of morpholine rings is 1. The minimum atomic E-state index is -4.22. The maximum Gasteiger partial charge on any atom is 0.264 e. The van der Waals surface area contributed by atoms with Gasteiger partial charge in [0.05, 0.1) is 38.0 Å². The van der Waals surface area contributed by atoms with Gasteiger partial charge >= 0.3 is 0 Å². The Bertz CT molecular complexity index is 1360. The van der Waals surface area contributed by atoms with E-state index in [1.54, 1.807) is 0 Å². The highest BCUT2D eigenvalue weighted by molar-refractivity contribution is 7.92. The number of benzene rings is 3. The number of sulfonamides is 1. The molecule has 0 radical (unpaired) electrons. The van der Waals surface area contributed by atoms with Crippen LogP contribution in [-0.2, 0) is 32.6 Å². The predicted octanol–water partition coefficient (Wildman–Crippen LogP) is 3.19. The van der Waals surface area contributed by atoms with Crippen LogP contribution < -0.4 is 19.1 Å². The first-order chi connectivity index (χ1) is 18.8. The molecule has 1 N–H and O–H groups in total. The topological polar surface area (TPSA) is 97.4 Å². The fourth-order valence-corrected chi connectivity index (χ4v) is 5.63. The first kappa shape index (κ1) is 28.3. The molecule has 0 bridgehead atoms. The van der Waals surface area contributed by atoms with Crippen molar-refractivity contribution in [1.82, 2.24) is 10.2 Å². The van der Waals surface area contributed by atoms with Crippen molar-refractivity contribution in [2.24, 2.45) is 0 Å². The number of halogens is 1. The Morgan fingerprint density at radius 2 is 1.59 bits per heavy atom. The third-order valence-electron chi connectivity index (χ3n) is 6.37. The number of carbonyl (C=O) groups is 1. The van der Waals surface area contributed by atoms with Gasteiger partial charge in [-0.05, 0) is 47.5 Å². The number of nitrogens with one attached hydrogen (secondary N) is 1. The van der Waals surface area contributed by atoms with Crippen LogP contribution in [0.2, 0.25) is 0 Å². The molecule has 1 saturated heterocycles. The summed E-state index contributed by atoms with van der Waals surface area (Å²) in [5, 5.41) is 2.79. The van der Waals surface area contributed by atoms with E-state index in [-0.39, 0.29) is 22.9 Å². The predicted molar refractivity (Wildman–Crippen MR) is 145 cm³/mol. The monoisotopic (exact) mass is 557 g/mol. The van der Waals surface area contributed by atoms with Gasteiger partial charge in [0.2, 0.25) is 5.91 Å². The number of hydrogen-bond donors (Lipinski definition) is 1. The molecule has 9 nitrogen and oxygen atoms in total. The van der Waals surface area contributed by atoms with Crippen molar-refractivity contribution in [3.05, 3.63) is 83.7 Å². The van der Waals surface area contributed by atoms with Gasteiger partial charge in [-0.2, -0.15) is 0 Å². The minimum absolute atomic E-state index is 0.104. The van der Waals surface area contributed by atoms with E-state index in [0.29, 0.717) is 5.75 Å². The largest absolute Gasteiger partial charge is 0.493 e. The van der Waals surface area contributed by atoms with Crippen molar-refractivity contribution in [3.63, 3.8) is 0 Å². The molecule has 11 heteroatoms. The van der Waals surface area contributed by atoms with E-state index in [0.717, 1.165) is 60.4 Å². The SMILES string of the molecule is COc1ccc(S(=O)(=O)N(CC(=O)NCc2ccc(CN3CCOCC3)cc2)c2ccc(F)cc2)cc1OC. The maximum atomic E-state index is 13.6. The Kier molecular flexibility index (Phi) is 9.39. The van der Waals surface area contributed by atoms with Gasteiger partial charge in [-0.25, -0.2) is 12.8 Å². The fourth-order valence-electron chi connectivity index (χ4n) is 4.19. The number of ether oxygens (including phenoxy) is 3. The van der Waals surface area contributed by atoms with Crippen LogP contribution in [0.1, 0.15) is 11.1 Å². The number of nitrogens with zero attached hydrogens (tertiary/aromatic N) is 2. The fraction of sp³-hybridized carbons (Fsp3) is 0.321. The van der Waals surface area contributed by atoms with Crippen LogP contribution in [0.15, 0.2) is 71.6 Å². The molecule has 1 aliphatic heterocycles. The summed E-state index contributed by atoms with van der Waals surface area (Å²) < 4.78 is 57.7. The van der Waals surface area contributed by atoms with Gasteiger partial charge in [0.15, 0.2) is 11.5 Å². The van der Waals surface area contributed by atoms with E-state index in [2.05, 4.69) is 10.2 Å². The number of carbonyl (C=O) groups excluding carboxylic acids is 1. The second-order valence-electron chi connectivity index (χ2n) is 8.99. The normalized spacial score (nSPS) is 14.0.